The Morgan fingerprint density at radius 3 is 2.50 bits per heavy atom. The number of nitrogens with one attached hydrogen (secondary N) is 1. The summed E-state index contributed by atoms with van der Waals surface area (Å²) in [6.07, 6.45) is 1.07. The number of ether oxygens (including phenoxy) is 1. The third-order valence-corrected chi connectivity index (χ3v) is 2.51. The molecule has 0 aliphatic heterocycles. The molecule has 7 heteroatoms. The average Bonchev–Trinajstić information content (AvgIpc) is 2.37. The molecule has 0 atom stereocenters. The van der Waals surface area contributed by atoms with Crippen molar-refractivity contribution in [2.45, 2.75) is 0 Å². The predicted octanol–water partition coefficient (Wildman–Crippen LogP) is 3.08. The molecule has 0 aliphatic rings. The van der Waals surface area contributed by atoms with Crippen LogP contribution >= 0.6 is 15.9 Å². The molecule has 92 valence electrons. The summed E-state index contributed by atoms with van der Waals surface area (Å²) in [6.45, 7) is 0. The minimum Gasteiger partial charge on any atom is -0.491 e. The standard InChI is InChI=1S/C11H6BrF2N3O/c1-18-11-8(17-5-6(3-15)4-16)2-7(12)9(13)10(11)14/h2,5,17H,1H3. The van der Waals surface area contributed by atoms with Crippen LogP contribution in [-0.2, 0) is 0 Å². The van der Waals surface area contributed by atoms with E-state index in [0.717, 1.165) is 6.20 Å². The van der Waals surface area contributed by atoms with E-state index < -0.39 is 11.6 Å². The molecule has 0 saturated carbocycles. The summed E-state index contributed by atoms with van der Waals surface area (Å²) in [5, 5.41) is 19.6. The van der Waals surface area contributed by atoms with Crippen molar-refractivity contribution in [3.63, 3.8) is 0 Å². The van der Waals surface area contributed by atoms with Crippen LogP contribution in [0.4, 0.5) is 14.5 Å². The topological polar surface area (TPSA) is 68.8 Å². The van der Waals surface area contributed by atoms with Gasteiger partial charge in [-0.1, -0.05) is 0 Å². The Bertz CT molecular complexity index is 571. The number of hydrogen-bond acceptors (Lipinski definition) is 4. The van der Waals surface area contributed by atoms with Gasteiger partial charge in [0.25, 0.3) is 0 Å². The van der Waals surface area contributed by atoms with Crippen molar-refractivity contribution in [1.29, 1.82) is 10.5 Å². The highest BCUT2D eigenvalue weighted by atomic mass is 79.9. The highest BCUT2D eigenvalue weighted by Gasteiger charge is 2.17. The maximum atomic E-state index is 13.5. The molecule has 0 bridgehead atoms. The molecule has 1 N–H and O–H groups in total. The lowest BCUT2D eigenvalue weighted by atomic mass is 10.2. The summed E-state index contributed by atoms with van der Waals surface area (Å²) in [4.78, 5) is 0. The predicted molar refractivity (Wildman–Crippen MR) is 63.5 cm³/mol. The van der Waals surface area contributed by atoms with Gasteiger partial charge in [-0.25, -0.2) is 4.39 Å². The van der Waals surface area contributed by atoms with Crippen molar-refractivity contribution in [3.8, 4) is 17.9 Å². The van der Waals surface area contributed by atoms with Gasteiger partial charge in [-0.2, -0.15) is 14.9 Å². The molecule has 1 aromatic rings. The van der Waals surface area contributed by atoms with Crippen LogP contribution in [0.2, 0.25) is 0 Å². The van der Waals surface area contributed by atoms with Gasteiger partial charge >= 0.3 is 0 Å². The first-order chi connectivity index (χ1) is 8.54. The molecule has 4 nitrogen and oxygen atoms in total. The van der Waals surface area contributed by atoms with Crippen LogP contribution in [0.1, 0.15) is 0 Å². The van der Waals surface area contributed by atoms with Gasteiger partial charge in [0.05, 0.1) is 17.3 Å². The van der Waals surface area contributed by atoms with Crippen LogP contribution in [0.15, 0.2) is 22.3 Å². The summed E-state index contributed by atoms with van der Waals surface area (Å²) in [7, 11) is 1.18. The molecule has 0 fully saturated rings. The first-order valence-corrected chi connectivity index (χ1v) is 5.32. The molecule has 0 aromatic heterocycles. The van der Waals surface area contributed by atoms with Gasteiger partial charge < -0.3 is 10.1 Å². The Labute approximate surface area is 110 Å². The number of rotatable bonds is 3. The SMILES string of the molecule is COc1c(NC=C(C#N)C#N)cc(Br)c(F)c1F. The zero-order valence-electron chi connectivity index (χ0n) is 9.09. The second-order valence-electron chi connectivity index (χ2n) is 2.99. The summed E-state index contributed by atoms with van der Waals surface area (Å²) in [5.74, 6) is -2.59. The number of halogens is 3. The molecular formula is C11H6BrF2N3O. The van der Waals surface area contributed by atoms with Gasteiger partial charge in [0.1, 0.15) is 17.7 Å². The van der Waals surface area contributed by atoms with Gasteiger partial charge in [-0.05, 0) is 22.0 Å². The Morgan fingerprint density at radius 2 is 2.00 bits per heavy atom. The maximum absolute atomic E-state index is 13.5. The van der Waals surface area contributed by atoms with E-state index in [2.05, 4.69) is 21.2 Å². The number of benzene rings is 1. The van der Waals surface area contributed by atoms with Crippen LogP contribution in [0, 0.1) is 34.3 Å². The van der Waals surface area contributed by atoms with E-state index >= 15 is 0 Å². The lowest BCUT2D eigenvalue weighted by Crippen LogP contribution is -2.00. The molecule has 0 radical (unpaired) electrons. The monoisotopic (exact) mass is 313 g/mol. The number of allylic oxidation sites excluding steroid dienone is 1. The van der Waals surface area contributed by atoms with Crippen LogP contribution in [0.3, 0.4) is 0 Å². The highest BCUT2D eigenvalue weighted by Crippen LogP contribution is 2.34. The van der Waals surface area contributed by atoms with E-state index in [4.69, 9.17) is 15.3 Å². The highest BCUT2D eigenvalue weighted by molar-refractivity contribution is 9.10. The minimum atomic E-state index is -1.17. The molecule has 1 rings (SSSR count). The Balaban J connectivity index is 3.23. The van der Waals surface area contributed by atoms with E-state index in [0.29, 0.717) is 0 Å². The number of hydrogen-bond donors (Lipinski definition) is 1. The van der Waals surface area contributed by atoms with E-state index in [1.165, 1.54) is 13.2 Å². The van der Waals surface area contributed by atoms with Crippen molar-refractivity contribution in [2.75, 3.05) is 12.4 Å². The van der Waals surface area contributed by atoms with Crippen molar-refractivity contribution in [2.24, 2.45) is 0 Å². The van der Waals surface area contributed by atoms with E-state index in [-0.39, 0.29) is 21.5 Å². The minimum absolute atomic E-state index is 0.0891. The zero-order valence-corrected chi connectivity index (χ0v) is 10.7. The van der Waals surface area contributed by atoms with Gasteiger partial charge in [-0.15, -0.1) is 0 Å². The number of nitriles is 2. The van der Waals surface area contributed by atoms with Gasteiger partial charge in [0, 0.05) is 6.20 Å². The van der Waals surface area contributed by atoms with Gasteiger partial charge in [-0.3, -0.25) is 0 Å². The molecule has 0 saturated heterocycles. The summed E-state index contributed by atoms with van der Waals surface area (Å²) in [5.41, 5.74) is -0.121. The molecular weight excluding hydrogens is 308 g/mol. The van der Waals surface area contributed by atoms with Gasteiger partial charge in [0.15, 0.2) is 11.6 Å². The van der Waals surface area contributed by atoms with Crippen molar-refractivity contribution < 1.29 is 13.5 Å². The van der Waals surface area contributed by atoms with Gasteiger partial charge in [0.2, 0.25) is 5.82 Å². The Kier molecular flexibility index (Phi) is 4.64. The fraction of sp³-hybridized carbons (Fsp3) is 0.0909. The number of methoxy groups -OCH3 is 1. The summed E-state index contributed by atoms with van der Waals surface area (Å²) in [6, 6.07) is 4.47. The van der Waals surface area contributed by atoms with Crippen LogP contribution < -0.4 is 10.1 Å². The lowest BCUT2D eigenvalue weighted by Gasteiger charge is -2.10. The first-order valence-electron chi connectivity index (χ1n) is 4.53. The fourth-order valence-corrected chi connectivity index (χ4v) is 1.53. The smallest absolute Gasteiger partial charge is 0.203 e. The lowest BCUT2D eigenvalue weighted by molar-refractivity contribution is 0.373. The molecule has 0 unspecified atom stereocenters. The largest absolute Gasteiger partial charge is 0.491 e. The average molecular weight is 314 g/mol. The third kappa shape index (κ3) is 2.76. The molecule has 18 heavy (non-hydrogen) atoms. The van der Waals surface area contributed by atoms with E-state index in [1.54, 1.807) is 12.1 Å². The van der Waals surface area contributed by atoms with E-state index in [9.17, 15) is 8.78 Å². The van der Waals surface area contributed by atoms with Crippen molar-refractivity contribution >= 4 is 21.6 Å². The molecule has 1 aromatic carbocycles. The third-order valence-electron chi connectivity index (χ3n) is 1.93. The fourth-order valence-electron chi connectivity index (χ4n) is 1.12. The maximum Gasteiger partial charge on any atom is 0.203 e. The first kappa shape index (κ1) is 13.9. The normalized spacial score (nSPS) is 9.00. The van der Waals surface area contributed by atoms with E-state index in [1.807, 2.05) is 0 Å². The van der Waals surface area contributed by atoms with Crippen LogP contribution in [0.25, 0.3) is 0 Å². The second kappa shape index (κ2) is 5.99. The molecule has 0 aliphatic carbocycles. The second-order valence-corrected chi connectivity index (χ2v) is 3.85. The van der Waals surface area contributed by atoms with Crippen LogP contribution in [0.5, 0.6) is 5.75 Å². The van der Waals surface area contributed by atoms with Crippen LogP contribution in [-0.4, -0.2) is 7.11 Å². The summed E-state index contributed by atoms with van der Waals surface area (Å²) >= 11 is 2.84. The molecule has 0 amide bonds. The molecule has 0 spiro atoms. The zero-order chi connectivity index (χ0) is 13.7. The number of nitrogens with zero attached hydrogens (tertiary/aromatic N) is 2. The summed E-state index contributed by atoms with van der Waals surface area (Å²) < 4.78 is 31.3. The Morgan fingerprint density at radius 1 is 1.39 bits per heavy atom. The van der Waals surface area contributed by atoms with Crippen molar-refractivity contribution in [3.05, 3.63) is 33.9 Å². The molecule has 0 heterocycles. The Hall–Kier alpha value is -2.12. The number of anilines is 1. The van der Waals surface area contributed by atoms with Crippen molar-refractivity contribution in [1.82, 2.24) is 0 Å². The quantitative estimate of drug-likeness (QED) is 0.687.